The lowest BCUT2D eigenvalue weighted by atomic mass is 10.1. The van der Waals surface area contributed by atoms with E-state index < -0.39 is 11.7 Å². The molecule has 1 N–H and O–H groups in total. The molecule has 2 aromatic carbocycles. The Bertz CT molecular complexity index is 819. The van der Waals surface area contributed by atoms with E-state index in [0.29, 0.717) is 37.0 Å². The summed E-state index contributed by atoms with van der Waals surface area (Å²) in [6.07, 6.45) is -3.38. The third-order valence-electron chi connectivity index (χ3n) is 3.99. The third kappa shape index (κ3) is 4.28. The van der Waals surface area contributed by atoms with Gasteiger partial charge in [0.05, 0.1) is 24.5 Å². The van der Waals surface area contributed by atoms with Gasteiger partial charge >= 0.3 is 6.18 Å². The Kier molecular flexibility index (Phi) is 5.38. The van der Waals surface area contributed by atoms with E-state index in [1.165, 1.54) is 30.5 Å². The minimum Gasteiger partial charge on any atom is -0.507 e. The molecule has 0 atom stereocenters. The fraction of sp³-hybridized carbons (Fsp3) is 0.278. The molecule has 0 radical (unpaired) electrons. The molecule has 4 nitrogen and oxygen atoms in total. The van der Waals surface area contributed by atoms with Crippen LogP contribution in [0, 0.1) is 0 Å². The minimum atomic E-state index is -4.55. The second-order valence-corrected chi connectivity index (χ2v) is 6.20. The van der Waals surface area contributed by atoms with Crippen LogP contribution in [0.3, 0.4) is 0 Å². The Morgan fingerprint density at radius 2 is 1.85 bits per heavy atom. The molecule has 0 spiro atoms. The van der Waals surface area contributed by atoms with Gasteiger partial charge in [-0.3, -0.25) is 4.99 Å². The lowest BCUT2D eigenvalue weighted by Crippen LogP contribution is -2.36. The summed E-state index contributed by atoms with van der Waals surface area (Å²) in [7, 11) is 0. The summed E-state index contributed by atoms with van der Waals surface area (Å²) in [5.74, 6) is -0.114. The monoisotopic (exact) mass is 384 g/mol. The van der Waals surface area contributed by atoms with Crippen LogP contribution in [0.2, 0.25) is 5.02 Å². The molecule has 1 aliphatic rings. The van der Waals surface area contributed by atoms with Crippen LogP contribution >= 0.6 is 11.6 Å². The molecule has 0 saturated carbocycles. The van der Waals surface area contributed by atoms with Gasteiger partial charge in [0.1, 0.15) is 5.75 Å². The molecule has 0 aromatic heterocycles. The van der Waals surface area contributed by atoms with Gasteiger partial charge < -0.3 is 14.7 Å². The van der Waals surface area contributed by atoms with E-state index in [2.05, 4.69) is 4.99 Å². The number of phenolic OH excluding ortho intramolecular Hbond substituents is 1. The first-order valence-electron chi connectivity index (χ1n) is 7.91. The number of aliphatic imine (C=N–C) groups is 1. The van der Waals surface area contributed by atoms with E-state index >= 15 is 0 Å². The zero-order valence-corrected chi connectivity index (χ0v) is 14.4. The second kappa shape index (κ2) is 7.55. The summed E-state index contributed by atoms with van der Waals surface area (Å²) in [4.78, 5) is 5.77. The van der Waals surface area contributed by atoms with Gasteiger partial charge in [-0.05, 0) is 36.4 Å². The molecule has 138 valence electrons. The number of alkyl halides is 3. The van der Waals surface area contributed by atoms with Crippen LogP contribution in [0.25, 0.3) is 0 Å². The first-order valence-corrected chi connectivity index (χ1v) is 8.29. The van der Waals surface area contributed by atoms with Crippen LogP contribution in [-0.4, -0.2) is 37.6 Å². The van der Waals surface area contributed by atoms with Crippen molar-refractivity contribution in [3.05, 3.63) is 52.5 Å². The molecular formula is C18H16ClF3N2O2. The number of nitrogens with zero attached hydrogens (tertiary/aromatic N) is 2. The lowest BCUT2D eigenvalue weighted by Gasteiger charge is -2.29. The number of aromatic hydroxyl groups is 1. The Balaban J connectivity index is 1.95. The number of halogens is 4. The highest BCUT2D eigenvalue weighted by Gasteiger charge is 2.34. The fourth-order valence-electron chi connectivity index (χ4n) is 2.65. The molecule has 2 aromatic rings. The molecule has 1 heterocycles. The fourth-order valence-corrected chi connectivity index (χ4v) is 2.83. The van der Waals surface area contributed by atoms with Crippen LogP contribution in [0.4, 0.5) is 24.5 Å². The third-order valence-corrected chi connectivity index (χ3v) is 4.23. The highest BCUT2D eigenvalue weighted by atomic mass is 35.5. The summed E-state index contributed by atoms with van der Waals surface area (Å²) in [6.45, 7) is 2.04. The van der Waals surface area contributed by atoms with Crippen molar-refractivity contribution >= 4 is 29.2 Å². The van der Waals surface area contributed by atoms with E-state index in [0.717, 1.165) is 6.07 Å². The average molecular weight is 385 g/mol. The molecule has 1 saturated heterocycles. The smallest absolute Gasteiger partial charge is 0.418 e. The molecule has 26 heavy (non-hydrogen) atoms. The van der Waals surface area contributed by atoms with Crippen LogP contribution in [0.5, 0.6) is 5.75 Å². The Labute approximate surface area is 153 Å². The van der Waals surface area contributed by atoms with Crippen molar-refractivity contribution in [1.29, 1.82) is 0 Å². The molecule has 3 rings (SSSR count). The molecule has 0 bridgehead atoms. The van der Waals surface area contributed by atoms with Crippen molar-refractivity contribution in [2.24, 2.45) is 4.99 Å². The number of anilines is 1. The number of phenols is 1. The minimum absolute atomic E-state index is 0.114. The molecule has 0 unspecified atom stereocenters. The Morgan fingerprint density at radius 3 is 2.54 bits per heavy atom. The van der Waals surface area contributed by atoms with E-state index in [1.54, 1.807) is 6.07 Å². The number of rotatable bonds is 3. The summed E-state index contributed by atoms with van der Waals surface area (Å²) in [6, 6.07) is 8.28. The Hall–Kier alpha value is -2.25. The van der Waals surface area contributed by atoms with Gasteiger partial charge in [0.15, 0.2) is 0 Å². The highest BCUT2D eigenvalue weighted by Crippen LogP contribution is 2.39. The normalized spacial score (nSPS) is 15.6. The quantitative estimate of drug-likeness (QED) is 0.783. The van der Waals surface area contributed by atoms with E-state index in [-0.39, 0.29) is 17.0 Å². The van der Waals surface area contributed by atoms with Gasteiger partial charge in [-0.1, -0.05) is 11.6 Å². The van der Waals surface area contributed by atoms with Crippen molar-refractivity contribution in [1.82, 2.24) is 0 Å². The van der Waals surface area contributed by atoms with Crippen molar-refractivity contribution in [2.75, 3.05) is 31.2 Å². The lowest BCUT2D eigenvalue weighted by molar-refractivity contribution is -0.137. The SMILES string of the molecule is Oc1ccc(Cl)cc1C=Nc1ccc(N2CCOCC2)cc1C(F)(F)F. The van der Waals surface area contributed by atoms with E-state index in [9.17, 15) is 18.3 Å². The largest absolute Gasteiger partial charge is 0.507 e. The summed E-state index contributed by atoms with van der Waals surface area (Å²) >= 11 is 5.84. The molecule has 0 aliphatic carbocycles. The average Bonchev–Trinajstić information content (AvgIpc) is 2.62. The number of benzene rings is 2. The summed E-state index contributed by atoms with van der Waals surface area (Å²) in [5.41, 5.74) is -0.346. The van der Waals surface area contributed by atoms with Gasteiger partial charge in [0.25, 0.3) is 0 Å². The first kappa shape index (κ1) is 18.5. The maximum Gasteiger partial charge on any atom is 0.418 e. The first-order chi connectivity index (χ1) is 12.3. The predicted octanol–water partition coefficient (Wildman–Crippen LogP) is 4.65. The zero-order valence-electron chi connectivity index (χ0n) is 13.6. The van der Waals surface area contributed by atoms with Gasteiger partial charge in [0, 0.05) is 35.6 Å². The Morgan fingerprint density at radius 1 is 1.12 bits per heavy atom. The standard InChI is InChI=1S/C18H16ClF3N2O2/c19-13-1-4-17(25)12(9-13)11-23-16-3-2-14(10-15(16)18(20,21)22)24-5-7-26-8-6-24/h1-4,9-11,25H,5-8H2. The molecule has 1 aliphatic heterocycles. The topological polar surface area (TPSA) is 45.1 Å². The zero-order chi connectivity index (χ0) is 18.7. The summed E-state index contributed by atoms with van der Waals surface area (Å²) in [5, 5.41) is 10.1. The number of morpholine rings is 1. The van der Waals surface area contributed by atoms with E-state index in [4.69, 9.17) is 16.3 Å². The maximum atomic E-state index is 13.5. The molecule has 0 amide bonds. The molecule has 1 fully saturated rings. The van der Waals surface area contributed by atoms with Crippen molar-refractivity contribution in [2.45, 2.75) is 6.18 Å². The number of hydrogen-bond acceptors (Lipinski definition) is 4. The van der Waals surface area contributed by atoms with Crippen LogP contribution in [-0.2, 0) is 10.9 Å². The van der Waals surface area contributed by atoms with Crippen molar-refractivity contribution < 1.29 is 23.0 Å². The van der Waals surface area contributed by atoms with Gasteiger partial charge in [-0.25, -0.2) is 0 Å². The van der Waals surface area contributed by atoms with E-state index in [1.807, 2.05) is 4.90 Å². The second-order valence-electron chi connectivity index (χ2n) is 5.76. The van der Waals surface area contributed by atoms with Gasteiger partial charge in [-0.15, -0.1) is 0 Å². The number of ether oxygens (including phenoxy) is 1. The van der Waals surface area contributed by atoms with Crippen LogP contribution in [0.15, 0.2) is 41.4 Å². The molecular weight excluding hydrogens is 369 g/mol. The highest BCUT2D eigenvalue weighted by molar-refractivity contribution is 6.30. The predicted molar refractivity (Wildman–Crippen MR) is 94.8 cm³/mol. The summed E-state index contributed by atoms with van der Waals surface area (Å²) < 4.78 is 45.7. The molecule has 8 heteroatoms. The van der Waals surface area contributed by atoms with Crippen LogP contribution < -0.4 is 4.90 Å². The number of hydrogen-bond donors (Lipinski definition) is 1. The van der Waals surface area contributed by atoms with Gasteiger partial charge in [-0.2, -0.15) is 13.2 Å². The van der Waals surface area contributed by atoms with Gasteiger partial charge in [0.2, 0.25) is 0 Å². The van der Waals surface area contributed by atoms with Crippen molar-refractivity contribution in [3.8, 4) is 5.75 Å². The van der Waals surface area contributed by atoms with Crippen molar-refractivity contribution in [3.63, 3.8) is 0 Å². The van der Waals surface area contributed by atoms with Crippen LogP contribution in [0.1, 0.15) is 11.1 Å². The maximum absolute atomic E-state index is 13.5.